The summed E-state index contributed by atoms with van der Waals surface area (Å²) in [5.41, 5.74) is 0.987. The van der Waals surface area contributed by atoms with Crippen molar-refractivity contribution < 1.29 is 8.78 Å². The first-order valence-electron chi connectivity index (χ1n) is 6.86. The second-order valence-corrected chi connectivity index (χ2v) is 5.82. The summed E-state index contributed by atoms with van der Waals surface area (Å²) >= 11 is 3.11. The smallest absolute Gasteiger partial charge is 0.143 e. The van der Waals surface area contributed by atoms with E-state index in [1.165, 1.54) is 12.1 Å². The Balaban J connectivity index is 2.32. The van der Waals surface area contributed by atoms with Crippen molar-refractivity contribution in [2.75, 3.05) is 6.54 Å². The highest BCUT2D eigenvalue weighted by atomic mass is 79.9. The Kier molecular flexibility index (Phi) is 5.47. The predicted molar refractivity (Wildman–Crippen MR) is 82.0 cm³/mol. The van der Waals surface area contributed by atoms with Crippen LogP contribution in [-0.4, -0.2) is 16.1 Å². The van der Waals surface area contributed by atoms with Crippen LogP contribution in [0.1, 0.15) is 30.6 Å². The van der Waals surface area contributed by atoms with Crippen LogP contribution in [0.25, 0.3) is 0 Å². The maximum atomic E-state index is 14.2. The van der Waals surface area contributed by atoms with E-state index in [0.29, 0.717) is 0 Å². The zero-order valence-electron chi connectivity index (χ0n) is 12.0. The lowest BCUT2D eigenvalue weighted by Crippen LogP contribution is -2.26. The average Bonchev–Trinajstić information content (AvgIpc) is 2.89. The molecule has 1 N–H and O–H groups in total. The predicted octanol–water partition coefficient (Wildman–Crippen LogP) is 3.74. The minimum absolute atomic E-state index is 0.0826. The maximum Gasteiger partial charge on any atom is 0.143 e. The average molecular weight is 358 g/mol. The number of imidazole rings is 1. The highest BCUT2D eigenvalue weighted by molar-refractivity contribution is 9.10. The van der Waals surface area contributed by atoms with Gasteiger partial charge in [-0.05, 0) is 47.4 Å². The molecule has 0 bridgehead atoms. The van der Waals surface area contributed by atoms with Crippen molar-refractivity contribution in [3.63, 3.8) is 0 Å². The van der Waals surface area contributed by atoms with Crippen molar-refractivity contribution >= 4 is 15.9 Å². The molecule has 2 aromatic rings. The number of benzene rings is 1. The van der Waals surface area contributed by atoms with Crippen LogP contribution in [-0.2, 0) is 13.5 Å². The van der Waals surface area contributed by atoms with Gasteiger partial charge in [0.25, 0.3) is 0 Å². The lowest BCUT2D eigenvalue weighted by molar-refractivity contribution is 0.473. The summed E-state index contributed by atoms with van der Waals surface area (Å²) in [7, 11) is 1.87. The van der Waals surface area contributed by atoms with E-state index in [4.69, 9.17) is 0 Å². The molecule has 0 saturated heterocycles. The third-order valence-corrected chi connectivity index (χ3v) is 4.01. The zero-order chi connectivity index (χ0) is 15.4. The van der Waals surface area contributed by atoms with Crippen LogP contribution in [0, 0.1) is 11.6 Å². The molecule has 3 nitrogen and oxygen atoms in total. The van der Waals surface area contributed by atoms with Gasteiger partial charge in [0.2, 0.25) is 0 Å². The zero-order valence-corrected chi connectivity index (χ0v) is 13.6. The Morgan fingerprint density at radius 2 is 2.14 bits per heavy atom. The van der Waals surface area contributed by atoms with Gasteiger partial charge in [-0.3, -0.25) is 0 Å². The lowest BCUT2D eigenvalue weighted by Gasteiger charge is -2.20. The summed E-state index contributed by atoms with van der Waals surface area (Å²) in [6.07, 6.45) is 4.58. The number of nitrogens with zero attached hydrogens (tertiary/aromatic N) is 2. The van der Waals surface area contributed by atoms with E-state index in [9.17, 15) is 8.78 Å². The minimum Gasteiger partial charge on any atom is -0.336 e. The Morgan fingerprint density at radius 1 is 1.38 bits per heavy atom. The van der Waals surface area contributed by atoms with Crippen LogP contribution in [0.5, 0.6) is 0 Å². The highest BCUT2D eigenvalue weighted by Gasteiger charge is 2.20. The summed E-state index contributed by atoms with van der Waals surface area (Å²) in [6, 6.07) is 2.48. The molecule has 1 aromatic heterocycles. The van der Waals surface area contributed by atoms with Crippen LogP contribution < -0.4 is 5.32 Å². The van der Waals surface area contributed by atoms with Crippen molar-refractivity contribution in [2.45, 2.75) is 25.8 Å². The van der Waals surface area contributed by atoms with Gasteiger partial charge in [-0.2, -0.15) is 0 Å². The number of hydrogen-bond donors (Lipinski definition) is 1. The van der Waals surface area contributed by atoms with E-state index in [1.807, 2.05) is 18.5 Å². The summed E-state index contributed by atoms with van der Waals surface area (Å²) in [6.45, 7) is 2.82. The number of halogens is 3. The molecule has 0 spiro atoms. The molecule has 2 rings (SSSR count). The first-order chi connectivity index (χ1) is 10.0. The van der Waals surface area contributed by atoms with Crippen LogP contribution in [0.3, 0.4) is 0 Å². The van der Waals surface area contributed by atoms with Gasteiger partial charge in [0.15, 0.2) is 0 Å². The normalized spacial score (nSPS) is 12.6. The first-order valence-corrected chi connectivity index (χ1v) is 7.65. The molecule has 0 saturated carbocycles. The molecule has 0 fully saturated rings. The fraction of sp³-hybridized carbons (Fsp3) is 0.400. The number of nitrogens with one attached hydrogen (secondary N) is 1. The van der Waals surface area contributed by atoms with Gasteiger partial charge < -0.3 is 9.88 Å². The molecule has 21 heavy (non-hydrogen) atoms. The molecule has 1 heterocycles. The number of rotatable bonds is 6. The molecular formula is C15H18BrF2N3. The third kappa shape index (κ3) is 3.68. The van der Waals surface area contributed by atoms with E-state index in [-0.39, 0.29) is 22.5 Å². The van der Waals surface area contributed by atoms with Crippen molar-refractivity contribution in [1.29, 1.82) is 0 Å². The maximum absolute atomic E-state index is 14.2. The third-order valence-electron chi connectivity index (χ3n) is 3.40. The quantitative estimate of drug-likeness (QED) is 0.798. The molecular weight excluding hydrogens is 340 g/mol. The van der Waals surface area contributed by atoms with Gasteiger partial charge in [-0.1, -0.05) is 6.92 Å². The summed E-state index contributed by atoms with van der Waals surface area (Å²) in [5, 5.41) is 3.33. The second-order valence-electron chi connectivity index (χ2n) is 4.96. The van der Waals surface area contributed by atoms with E-state index in [1.54, 1.807) is 12.5 Å². The van der Waals surface area contributed by atoms with Crippen molar-refractivity contribution in [3.05, 3.63) is 52.0 Å². The second kappa shape index (κ2) is 7.13. The van der Waals surface area contributed by atoms with Crippen molar-refractivity contribution in [2.24, 2.45) is 7.05 Å². The summed E-state index contributed by atoms with van der Waals surface area (Å²) in [4.78, 5) is 4.08. The molecule has 0 aliphatic rings. The molecule has 1 unspecified atom stereocenters. The monoisotopic (exact) mass is 357 g/mol. The highest BCUT2D eigenvalue weighted by Crippen LogP contribution is 2.26. The Hall–Kier alpha value is -1.27. The van der Waals surface area contributed by atoms with Crippen molar-refractivity contribution in [3.8, 4) is 0 Å². The molecule has 0 aliphatic carbocycles. The summed E-state index contributed by atoms with van der Waals surface area (Å²) < 4.78 is 30.2. The molecule has 114 valence electrons. The summed E-state index contributed by atoms with van der Waals surface area (Å²) in [5.74, 6) is -1.07. The van der Waals surface area contributed by atoms with Gasteiger partial charge in [0.1, 0.15) is 11.6 Å². The van der Waals surface area contributed by atoms with E-state index in [0.717, 1.165) is 18.7 Å². The standard InChI is InChI=1S/C15H18BrF2N3/c1-3-6-20-13(14-8-19-9-21(14)2)7-10-12(17)5-4-11(16)15(10)18/h4-5,8-9,13,20H,3,6-7H2,1-2H3. The SMILES string of the molecule is CCCNC(Cc1c(F)ccc(Br)c1F)c1cncn1C. The van der Waals surface area contributed by atoms with E-state index >= 15 is 0 Å². The van der Waals surface area contributed by atoms with Crippen LogP contribution >= 0.6 is 15.9 Å². The largest absolute Gasteiger partial charge is 0.336 e. The number of aromatic nitrogens is 2. The fourth-order valence-electron chi connectivity index (χ4n) is 2.26. The number of hydrogen-bond acceptors (Lipinski definition) is 2. The Morgan fingerprint density at radius 3 is 2.76 bits per heavy atom. The molecule has 1 aromatic carbocycles. The lowest BCUT2D eigenvalue weighted by atomic mass is 10.0. The van der Waals surface area contributed by atoms with Gasteiger partial charge in [0.05, 0.1) is 22.5 Å². The molecule has 0 amide bonds. The van der Waals surface area contributed by atoms with Crippen molar-refractivity contribution in [1.82, 2.24) is 14.9 Å². The topological polar surface area (TPSA) is 29.9 Å². The Bertz CT molecular complexity index is 613. The van der Waals surface area contributed by atoms with Gasteiger partial charge >= 0.3 is 0 Å². The van der Waals surface area contributed by atoms with Crippen LogP contribution in [0.4, 0.5) is 8.78 Å². The minimum atomic E-state index is -0.541. The molecule has 0 radical (unpaired) electrons. The van der Waals surface area contributed by atoms with Gasteiger partial charge in [-0.15, -0.1) is 0 Å². The molecule has 6 heteroatoms. The molecule has 0 aliphatic heterocycles. The van der Waals surface area contributed by atoms with Crippen LogP contribution in [0.2, 0.25) is 0 Å². The van der Waals surface area contributed by atoms with Gasteiger partial charge in [0, 0.05) is 18.8 Å². The van der Waals surface area contributed by atoms with Crippen LogP contribution in [0.15, 0.2) is 29.1 Å². The van der Waals surface area contributed by atoms with E-state index in [2.05, 4.69) is 26.2 Å². The fourth-order valence-corrected chi connectivity index (χ4v) is 2.63. The molecule has 1 atom stereocenters. The number of aryl methyl sites for hydroxylation is 1. The van der Waals surface area contributed by atoms with E-state index < -0.39 is 11.6 Å². The first kappa shape index (κ1) is 16.1. The van der Waals surface area contributed by atoms with Gasteiger partial charge in [-0.25, -0.2) is 13.8 Å². The Labute approximate surface area is 131 Å².